The number of sulfonamides is 1. The molecule has 1 aromatic heterocycles. The zero-order valence-corrected chi connectivity index (χ0v) is 20.8. The zero-order chi connectivity index (χ0) is 24.6. The molecule has 0 spiro atoms. The smallest absolute Gasteiger partial charge is 0.243 e. The van der Waals surface area contributed by atoms with Crippen LogP contribution >= 0.6 is 11.6 Å². The molecule has 0 aliphatic carbocycles. The molecule has 0 bridgehead atoms. The molecule has 0 saturated carbocycles. The van der Waals surface area contributed by atoms with E-state index in [1.54, 1.807) is 47.4 Å². The molecule has 9 heteroatoms. The predicted octanol–water partition coefficient (Wildman–Crippen LogP) is 3.79. The lowest BCUT2D eigenvalue weighted by molar-refractivity contribution is -0.137. The van der Waals surface area contributed by atoms with Crippen molar-refractivity contribution in [2.45, 2.75) is 42.3 Å². The van der Waals surface area contributed by atoms with Gasteiger partial charge in [0.1, 0.15) is 0 Å². The van der Waals surface area contributed by atoms with Crippen LogP contribution in [0.1, 0.15) is 36.6 Å². The number of rotatable bonds is 5. The number of halogens is 1. The lowest BCUT2D eigenvalue weighted by Gasteiger charge is -2.40. The van der Waals surface area contributed by atoms with Crippen LogP contribution in [0.3, 0.4) is 0 Å². The first-order valence-electron chi connectivity index (χ1n) is 11.8. The van der Waals surface area contributed by atoms with Gasteiger partial charge in [0.2, 0.25) is 15.9 Å². The van der Waals surface area contributed by atoms with Crippen molar-refractivity contribution in [3.8, 4) is 0 Å². The summed E-state index contributed by atoms with van der Waals surface area (Å²) in [6, 6.07) is 18.7. The van der Waals surface area contributed by atoms with Crippen LogP contribution in [0.15, 0.2) is 77.8 Å². The number of carbonyl (C=O) groups is 1. The maximum atomic E-state index is 13.5. The predicted molar refractivity (Wildman–Crippen MR) is 133 cm³/mol. The summed E-state index contributed by atoms with van der Waals surface area (Å²) in [5, 5.41) is 11.8. The standard InChI is InChI=1S/C26H28ClN3O4S/c27-21-10-8-20(9-11-21)26(32)12-15-29(16-13-26)25(31)19-24-23-7-4-14-28(23)17-18-30(24)35(33,34)22-5-2-1-3-6-22/h1-11,14,24,32H,12-13,15-19H2. The van der Waals surface area contributed by atoms with E-state index in [1.165, 1.54) is 4.31 Å². The van der Waals surface area contributed by atoms with Gasteiger partial charge in [0.05, 0.1) is 16.5 Å². The minimum atomic E-state index is -3.77. The lowest BCUT2D eigenvalue weighted by atomic mass is 9.84. The summed E-state index contributed by atoms with van der Waals surface area (Å²) in [6.45, 7) is 1.64. The van der Waals surface area contributed by atoms with Crippen molar-refractivity contribution in [2.75, 3.05) is 19.6 Å². The Hall–Kier alpha value is -2.65. The molecule has 2 aliphatic heterocycles. The van der Waals surface area contributed by atoms with E-state index in [0.717, 1.165) is 11.3 Å². The largest absolute Gasteiger partial charge is 0.385 e. The Balaban J connectivity index is 1.34. The molecule has 1 saturated heterocycles. The lowest BCUT2D eigenvalue weighted by Crippen LogP contribution is -2.48. The van der Waals surface area contributed by atoms with Gasteiger partial charge in [0.15, 0.2) is 0 Å². The van der Waals surface area contributed by atoms with Gasteiger partial charge in [-0.25, -0.2) is 8.42 Å². The van der Waals surface area contributed by atoms with Crippen LogP contribution in [0.4, 0.5) is 0 Å². The fraction of sp³-hybridized carbons (Fsp3) is 0.346. The second-order valence-corrected chi connectivity index (χ2v) is 11.5. The van der Waals surface area contributed by atoms with Crippen molar-refractivity contribution in [1.82, 2.24) is 13.8 Å². The summed E-state index contributed by atoms with van der Waals surface area (Å²) in [6.07, 6.45) is 2.79. The number of amides is 1. The monoisotopic (exact) mass is 513 g/mol. The van der Waals surface area contributed by atoms with Gasteiger partial charge < -0.3 is 14.6 Å². The third-order valence-corrected chi connectivity index (χ3v) is 9.33. The SMILES string of the molecule is O=C(CC1c2cccn2CCN1S(=O)(=O)c1ccccc1)N1CCC(O)(c2ccc(Cl)cc2)CC1. The van der Waals surface area contributed by atoms with Gasteiger partial charge in [-0.05, 0) is 54.8 Å². The second-order valence-electron chi connectivity index (χ2n) is 9.19. The summed E-state index contributed by atoms with van der Waals surface area (Å²) < 4.78 is 30.5. The Morgan fingerprint density at radius 1 is 0.943 bits per heavy atom. The minimum Gasteiger partial charge on any atom is -0.385 e. The summed E-state index contributed by atoms with van der Waals surface area (Å²) >= 11 is 5.98. The molecule has 3 aromatic rings. The van der Waals surface area contributed by atoms with Crippen molar-refractivity contribution < 1.29 is 18.3 Å². The van der Waals surface area contributed by atoms with Gasteiger partial charge in [0.25, 0.3) is 0 Å². The number of likely N-dealkylation sites (tertiary alicyclic amines) is 1. The van der Waals surface area contributed by atoms with Crippen LogP contribution in [-0.2, 0) is 27.0 Å². The van der Waals surface area contributed by atoms with Crippen molar-refractivity contribution in [2.24, 2.45) is 0 Å². The van der Waals surface area contributed by atoms with E-state index < -0.39 is 21.7 Å². The van der Waals surface area contributed by atoms with Gasteiger partial charge in [-0.1, -0.05) is 41.9 Å². The summed E-state index contributed by atoms with van der Waals surface area (Å²) in [5.41, 5.74) is 0.599. The molecule has 1 N–H and O–H groups in total. The van der Waals surface area contributed by atoms with Crippen LogP contribution in [-0.4, -0.2) is 52.8 Å². The van der Waals surface area contributed by atoms with Gasteiger partial charge >= 0.3 is 0 Å². The molecule has 0 radical (unpaired) electrons. The molecule has 184 valence electrons. The maximum absolute atomic E-state index is 13.5. The van der Waals surface area contributed by atoms with Crippen LogP contribution in [0, 0.1) is 0 Å². The van der Waals surface area contributed by atoms with Crippen LogP contribution < -0.4 is 0 Å². The van der Waals surface area contributed by atoms with E-state index >= 15 is 0 Å². The third kappa shape index (κ3) is 4.63. The number of fused-ring (bicyclic) bond motifs is 1. The number of nitrogens with zero attached hydrogens (tertiary/aromatic N) is 3. The first-order valence-corrected chi connectivity index (χ1v) is 13.6. The Bertz CT molecular complexity index is 1300. The quantitative estimate of drug-likeness (QED) is 0.562. The van der Waals surface area contributed by atoms with E-state index in [1.807, 2.05) is 35.0 Å². The van der Waals surface area contributed by atoms with E-state index in [0.29, 0.717) is 44.0 Å². The Morgan fingerprint density at radius 3 is 2.31 bits per heavy atom. The molecule has 5 rings (SSSR count). The van der Waals surface area contributed by atoms with Gasteiger partial charge in [-0.15, -0.1) is 0 Å². The van der Waals surface area contributed by atoms with Gasteiger partial charge in [0, 0.05) is 49.5 Å². The number of aliphatic hydroxyl groups is 1. The first-order chi connectivity index (χ1) is 16.8. The molecular formula is C26H28ClN3O4S. The second kappa shape index (κ2) is 9.43. The molecule has 7 nitrogen and oxygen atoms in total. The summed E-state index contributed by atoms with van der Waals surface area (Å²) in [5.74, 6) is -0.115. The van der Waals surface area contributed by atoms with Gasteiger partial charge in [-0.2, -0.15) is 4.31 Å². The zero-order valence-electron chi connectivity index (χ0n) is 19.3. The van der Waals surface area contributed by atoms with Crippen molar-refractivity contribution in [1.29, 1.82) is 0 Å². The number of hydrogen-bond acceptors (Lipinski definition) is 4. The van der Waals surface area contributed by atoms with E-state index in [9.17, 15) is 18.3 Å². The van der Waals surface area contributed by atoms with E-state index in [-0.39, 0.29) is 17.2 Å². The van der Waals surface area contributed by atoms with Crippen LogP contribution in [0.2, 0.25) is 5.02 Å². The Labute approximate surface area is 210 Å². The van der Waals surface area contributed by atoms with Crippen molar-refractivity contribution in [3.05, 3.63) is 89.2 Å². The number of aromatic nitrogens is 1. The molecule has 1 amide bonds. The van der Waals surface area contributed by atoms with Crippen LogP contribution in [0.5, 0.6) is 0 Å². The minimum absolute atomic E-state index is 0.0510. The highest BCUT2D eigenvalue weighted by molar-refractivity contribution is 7.89. The molecule has 1 fully saturated rings. The number of piperidine rings is 1. The molecular weight excluding hydrogens is 486 g/mol. The van der Waals surface area contributed by atoms with E-state index in [4.69, 9.17) is 11.6 Å². The van der Waals surface area contributed by atoms with E-state index in [2.05, 4.69) is 0 Å². The van der Waals surface area contributed by atoms with Crippen molar-refractivity contribution in [3.63, 3.8) is 0 Å². The number of hydrogen-bond donors (Lipinski definition) is 1. The highest BCUT2D eigenvalue weighted by Crippen LogP contribution is 2.37. The molecule has 2 aromatic carbocycles. The maximum Gasteiger partial charge on any atom is 0.243 e. The first kappa shape index (κ1) is 24.1. The average molecular weight is 514 g/mol. The number of carbonyl (C=O) groups excluding carboxylic acids is 1. The molecule has 3 heterocycles. The normalized spacial score (nSPS) is 20.4. The fourth-order valence-electron chi connectivity index (χ4n) is 5.13. The molecule has 2 aliphatic rings. The Kier molecular flexibility index (Phi) is 6.48. The molecule has 1 unspecified atom stereocenters. The summed E-state index contributed by atoms with van der Waals surface area (Å²) in [7, 11) is -3.77. The topological polar surface area (TPSA) is 82.9 Å². The highest BCUT2D eigenvalue weighted by atomic mass is 35.5. The molecule has 1 atom stereocenters. The Morgan fingerprint density at radius 2 is 1.63 bits per heavy atom. The summed E-state index contributed by atoms with van der Waals surface area (Å²) in [4.78, 5) is 15.4. The average Bonchev–Trinajstić information content (AvgIpc) is 3.35. The third-order valence-electron chi connectivity index (χ3n) is 7.16. The number of benzene rings is 2. The van der Waals surface area contributed by atoms with Gasteiger partial charge in [-0.3, -0.25) is 4.79 Å². The fourth-order valence-corrected chi connectivity index (χ4v) is 6.87. The molecule has 35 heavy (non-hydrogen) atoms. The highest BCUT2D eigenvalue weighted by Gasteiger charge is 2.40. The van der Waals surface area contributed by atoms with Crippen molar-refractivity contribution >= 4 is 27.5 Å². The van der Waals surface area contributed by atoms with Crippen LogP contribution in [0.25, 0.3) is 0 Å².